The van der Waals surface area contributed by atoms with Crippen LogP contribution < -0.4 is 15.9 Å². The maximum atomic E-state index is 9.84. The lowest BCUT2D eigenvalue weighted by molar-refractivity contribution is 0.416. The van der Waals surface area contributed by atoms with Gasteiger partial charge in [0.05, 0.1) is 7.11 Å². The van der Waals surface area contributed by atoms with E-state index in [0.717, 1.165) is 38.8 Å². The maximum absolute atomic E-state index is 9.84. The van der Waals surface area contributed by atoms with Gasteiger partial charge in [-0.1, -0.05) is 31.1 Å². The van der Waals surface area contributed by atoms with Gasteiger partial charge in [-0.25, -0.2) is 4.98 Å². The number of nitrogens with two attached hydrogens (primary N) is 1. The highest BCUT2D eigenvalue weighted by Gasteiger charge is 2.13. The number of rotatable bonds is 3. The summed E-state index contributed by atoms with van der Waals surface area (Å²) in [5, 5.41) is 11.8. The second-order valence-electron chi connectivity index (χ2n) is 5.72. The summed E-state index contributed by atoms with van der Waals surface area (Å²) >= 11 is 0. The molecule has 0 atom stereocenters. The van der Waals surface area contributed by atoms with Gasteiger partial charge < -0.3 is 15.5 Å². The molecule has 0 amide bonds. The van der Waals surface area contributed by atoms with Gasteiger partial charge in [0.2, 0.25) is 0 Å². The van der Waals surface area contributed by atoms with Crippen LogP contribution in [0.15, 0.2) is 42.5 Å². The first-order chi connectivity index (χ1) is 11.0. The molecule has 3 rings (SSSR count). The molecule has 3 aromatic rings. The summed E-state index contributed by atoms with van der Waals surface area (Å²) in [6.45, 7) is 3.15. The van der Waals surface area contributed by atoms with Crippen LogP contribution in [0.2, 0.25) is 6.82 Å². The number of fused-ring (bicyclic) bond motifs is 1. The average molecular weight is 306 g/mol. The number of nitrogens with zero attached hydrogens (tertiary/aromatic N) is 1. The van der Waals surface area contributed by atoms with Crippen LogP contribution in [-0.2, 0) is 0 Å². The number of hydrogen-bond acceptors (Lipinski definition) is 4. The van der Waals surface area contributed by atoms with Crippen LogP contribution in [0.5, 0.6) is 5.75 Å². The molecular formula is C18H19BN2O2. The summed E-state index contributed by atoms with van der Waals surface area (Å²) < 4.78 is 5.48. The van der Waals surface area contributed by atoms with Crippen molar-refractivity contribution in [1.82, 2.24) is 4.98 Å². The Morgan fingerprint density at radius 1 is 1.13 bits per heavy atom. The molecule has 0 radical (unpaired) electrons. The van der Waals surface area contributed by atoms with Crippen molar-refractivity contribution >= 4 is 29.0 Å². The minimum absolute atomic E-state index is 0.526. The minimum atomic E-state index is -0.526. The fourth-order valence-corrected chi connectivity index (χ4v) is 2.80. The van der Waals surface area contributed by atoms with Crippen molar-refractivity contribution in [2.75, 3.05) is 12.8 Å². The van der Waals surface area contributed by atoms with Gasteiger partial charge in [0.1, 0.15) is 11.6 Å². The number of methoxy groups -OCH3 is 1. The third-order valence-electron chi connectivity index (χ3n) is 4.01. The van der Waals surface area contributed by atoms with Gasteiger partial charge in [0.15, 0.2) is 0 Å². The number of benzene rings is 2. The molecular weight excluding hydrogens is 287 g/mol. The molecule has 0 saturated heterocycles. The quantitative estimate of drug-likeness (QED) is 0.730. The van der Waals surface area contributed by atoms with Gasteiger partial charge in [-0.2, -0.15) is 0 Å². The van der Waals surface area contributed by atoms with Crippen LogP contribution in [0.4, 0.5) is 5.82 Å². The molecule has 1 heterocycles. The first-order valence-corrected chi connectivity index (χ1v) is 7.53. The van der Waals surface area contributed by atoms with E-state index in [1.165, 1.54) is 0 Å². The van der Waals surface area contributed by atoms with E-state index in [1.807, 2.05) is 43.3 Å². The van der Waals surface area contributed by atoms with E-state index < -0.39 is 6.92 Å². The number of aromatic nitrogens is 1. The largest absolute Gasteiger partial charge is 0.496 e. The van der Waals surface area contributed by atoms with Crippen molar-refractivity contribution in [3.05, 3.63) is 48.2 Å². The normalized spacial score (nSPS) is 10.8. The molecule has 0 spiro atoms. The molecule has 0 aliphatic heterocycles. The zero-order valence-corrected chi connectivity index (χ0v) is 13.5. The fourth-order valence-electron chi connectivity index (χ4n) is 2.80. The summed E-state index contributed by atoms with van der Waals surface area (Å²) in [6.07, 6.45) is 0. The summed E-state index contributed by atoms with van der Waals surface area (Å²) in [6, 6.07) is 13.8. The maximum Gasteiger partial charge on any atom is 0.320 e. The van der Waals surface area contributed by atoms with E-state index in [1.54, 1.807) is 13.9 Å². The topological polar surface area (TPSA) is 68.4 Å². The van der Waals surface area contributed by atoms with Crippen molar-refractivity contribution in [1.29, 1.82) is 0 Å². The van der Waals surface area contributed by atoms with E-state index in [9.17, 15) is 5.02 Å². The predicted molar refractivity (Wildman–Crippen MR) is 96.4 cm³/mol. The third kappa shape index (κ3) is 2.88. The zero-order chi connectivity index (χ0) is 16.6. The number of nitrogen functional groups attached to an aromatic ring is 1. The van der Waals surface area contributed by atoms with Crippen LogP contribution in [0.1, 0.15) is 5.69 Å². The van der Waals surface area contributed by atoms with Gasteiger partial charge in [0.25, 0.3) is 0 Å². The first-order valence-electron chi connectivity index (χ1n) is 7.53. The molecule has 23 heavy (non-hydrogen) atoms. The highest BCUT2D eigenvalue weighted by atomic mass is 16.5. The highest BCUT2D eigenvalue weighted by molar-refractivity contribution is 6.64. The monoisotopic (exact) mass is 306 g/mol. The second kappa shape index (κ2) is 5.93. The van der Waals surface area contributed by atoms with Gasteiger partial charge in [-0.3, -0.25) is 0 Å². The highest BCUT2D eigenvalue weighted by Crippen LogP contribution is 2.32. The minimum Gasteiger partial charge on any atom is -0.496 e. The Morgan fingerprint density at radius 3 is 2.61 bits per heavy atom. The van der Waals surface area contributed by atoms with E-state index in [4.69, 9.17) is 10.5 Å². The Bertz CT molecular complexity index is 878. The zero-order valence-electron chi connectivity index (χ0n) is 13.5. The Balaban J connectivity index is 2.21. The molecule has 4 nitrogen and oxygen atoms in total. The van der Waals surface area contributed by atoms with Crippen molar-refractivity contribution in [2.45, 2.75) is 13.7 Å². The number of hydrogen-bond donors (Lipinski definition) is 2. The fraction of sp³-hybridized carbons (Fsp3) is 0.167. The molecule has 5 heteroatoms. The van der Waals surface area contributed by atoms with Crippen molar-refractivity contribution in [3.8, 4) is 16.9 Å². The molecule has 0 aliphatic carbocycles. The van der Waals surface area contributed by atoms with Gasteiger partial charge in [-0.15, -0.1) is 0 Å². The first kappa shape index (κ1) is 15.4. The lowest BCUT2D eigenvalue weighted by Crippen LogP contribution is -2.26. The smallest absolute Gasteiger partial charge is 0.320 e. The van der Waals surface area contributed by atoms with Crippen LogP contribution in [-0.4, -0.2) is 24.0 Å². The molecule has 116 valence electrons. The molecule has 0 fully saturated rings. The standard InChI is InChI=1S/C18H19BN2O2/c1-11-8-13-9-12(4-6-15(13)18(20)21-11)16-10-14(19(2)22)5-7-17(16)23-3/h4-10,22H,1-3H3,(H2,20,21). The summed E-state index contributed by atoms with van der Waals surface area (Å²) in [5.41, 5.74) is 9.70. The predicted octanol–water partition coefficient (Wildman–Crippen LogP) is 2.62. The summed E-state index contributed by atoms with van der Waals surface area (Å²) in [7, 11) is 1.65. The number of aryl methyl sites for hydroxylation is 1. The molecule has 2 aromatic carbocycles. The van der Waals surface area contributed by atoms with E-state index in [2.05, 4.69) is 11.1 Å². The van der Waals surface area contributed by atoms with Gasteiger partial charge in [-0.05, 0) is 41.5 Å². The Kier molecular flexibility index (Phi) is 3.97. The van der Waals surface area contributed by atoms with Gasteiger partial charge >= 0.3 is 6.92 Å². The Morgan fingerprint density at radius 2 is 1.91 bits per heavy atom. The number of anilines is 1. The third-order valence-corrected chi connectivity index (χ3v) is 4.01. The van der Waals surface area contributed by atoms with Crippen molar-refractivity contribution in [2.24, 2.45) is 0 Å². The summed E-state index contributed by atoms with van der Waals surface area (Å²) in [4.78, 5) is 4.30. The number of pyridine rings is 1. The molecule has 0 aliphatic rings. The Hall–Kier alpha value is -2.53. The molecule has 0 bridgehead atoms. The summed E-state index contributed by atoms with van der Waals surface area (Å²) in [5.74, 6) is 1.31. The van der Waals surface area contributed by atoms with Crippen LogP contribution in [0, 0.1) is 6.92 Å². The van der Waals surface area contributed by atoms with Crippen molar-refractivity contribution in [3.63, 3.8) is 0 Å². The molecule has 3 N–H and O–H groups in total. The van der Waals surface area contributed by atoms with Crippen LogP contribution in [0.25, 0.3) is 21.9 Å². The van der Waals surface area contributed by atoms with Crippen LogP contribution in [0.3, 0.4) is 0 Å². The average Bonchev–Trinajstić information content (AvgIpc) is 2.53. The van der Waals surface area contributed by atoms with Crippen LogP contribution >= 0.6 is 0 Å². The van der Waals surface area contributed by atoms with E-state index in [0.29, 0.717) is 5.82 Å². The molecule has 0 unspecified atom stereocenters. The molecule has 0 saturated carbocycles. The lowest BCUT2D eigenvalue weighted by atomic mass is 9.64. The number of ether oxygens (including phenoxy) is 1. The lowest BCUT2D eigenvalue weighted by Gasteiger charge is -2.13. The van der Waals surface area contributed by atoms with E-state index >= 15 is 0 Å². The SMILES string of the molecule is COc1ccc(B(C)O)cc1-c1ccc2c(N)nc(C)cc2c1. The molecule has 1 aromatic heterocycles. The van der Waals surface area contributed by atoms with Gasteiger partial charge in [0, 0.05) is 16.6 Å². The van der Waals surface area contributed by atoms with Crippen molar-refractivity contribution < 1.29 is 9.76 Å². The Labute approximate surface area is 136 Å². The van der Waals surface area contributed by atoms with E-state index in [-0.39, 0.29) is 0 Å². The second-order valence-corrected chi connectivity index (χ2v) is 5.72.